The molecular formula is C15H20N6O2S. The Morgan fingerprint density at radius 1 is 1.25 bits per heavy atom. The Balaban J connectivity index is 1.81. The summed E-state index contributed by atoms with van der Waals surface area (Å²) in [6.07, 6.45) is 1.62. The van der Waals surface area contributed by atoms with E-state index in [0.717, 1.165) is 28.4 Å². The summed E-state index contributed by atoms with van der Waals surface area (Å²) >= 11 is 1.65. The lowest BCUT2D eigenvalue weighted by atomic mass is 10.4. The van der Waals surface area contributed by atoms with Gasteiger partial charge in [-0.05, 0) is 14.0 Å². The summed E-state index contributed by atoms with van der Waals surface area (Å²) in [4.78, 5) is 35.2. The first kappa shape index (κ1) is 16.6. The van der Waals surface area contributed by atoms with Crippen LogP contribution in [0.2, 0.25) is 0 Å². The van der Waals surface area contributed by atoms with Crippen molar-refractivity contribution in [2.24, 2.45) is 14.1 Å². The Labute approximate surface area is 142 Å². The highest BCUT2D eigenvalue weighted by atomic mass is 32.1. The van der Waals surface area contributed by atoms with Gasteiger partial charge in [0.05, 0.1) is 12.9 Å². The number of imidazole rings is 1. The molecule has 0 saturated carbocycles. The maximum absolute atomic E-state index is 12.4. The SMILES string of the molecule is Cc1csc(CN(C)CCn2cnc3c2c(=O)n(C)c(=O)n3C)n1. The largest absolute Gasteiger partial charge is 0.332 e. The summed E-state index contributed by atoms with van der Waals surface area (Å²) in [5.74, 6) is 0. The highest BCUT2D eigenvalue weighted by Crippen LogP contribution is 2.11. The van der Waals surface area contributed by atoms with Gasteiger partial charge in [0.2, 0.25) is 0 Å². The van der Waals surface area contributed by atoms with E-state index in [4.69, 9.17) is 0 Å². The predicted molar refractivity (Wildman–Crippen MR) is 93.4 cm³/mol. The molecule has 0 aromatic carbocycles. The van der Waals surface area contributed by atoms with Gasteiger partial charge in [0, 0.05) is 38.3 Å². The van der Waals surface area contributed by atoms with Gasteiger partial charge < -0.3 is 4.57 Å². The summed E-state index contributed by atoms with van der Waals surface area (Å²) in [5.41, 5.74) is 1.23. The second-order valence-corrected chi connectivity index (χ2v) is 6.88. The average molecular weight is 348 g/mol. The molecule has 24 heavy (non-hydrogen) atoms. The Hall–Kier alpha value is -2.26. The van der Waals surface area contributed by atoms with E-state index in [1.165, 1.54) is 11.6 Å². The lowest BCUT2D eigenvalue weighted by molar-refractivity contribution is 0.312. The molecule has 3 aromatic rings. The Bertz CT molecular complexity index is 996. The zero-order valence-corrected chi connectivity index (χ0v) is 15.0. The van der Waals surface area contributed by atoms with Crippen LogP contribution >= 0.6 is 11.3 Å². The van der Waals surface area contributed by atoms with Crippen molar-refractivity contribution in [3.05, 3.63) is 43.2 Å². The molecule has 0 saturated heterocycles. The molecule has 0 fully saturated rings. The van der Waals surface area contributed by atoms with Crippen molar-refractivity contribution in [3.8, 4) is 0 Å². The highest BCUT2D eigenvalue weighted by molar-refractivity contribution is 7.09. The fourth-order valence-electron chi connectivity index (χ4n) is 2.63. The Morgan fingerprint density at radius 3 is 2.67 bits per heavy atom. The normalized spacial score (nSPS) is 11.7. The molecule has 3 rings (SSSR count). The maximum Gasteiger partial charge on any atom is 0.332 e. The molecule has 0 amide bonds. The topological polar surface area (TPSA) is 78.0 Å². The highest BCUT2D eigenvalue weighted by Gasteiger charge is 2.14. The summed E-state index contributed by atoms with van der Waals surface area (Å²) in [6.45, 7) is 4.11. The van der Waals surface area contributed by atoms with Crippen LogP contribution in [0, 0.1) is 6.92 Å². The van der Waals surface area contributed by atoms with Gasteiger partial charge in [-0.1, -0.05) is 0 Å². The lowest BCUT2D eigenvalue weighted by Crippen LogP contribution is -2.37. The third-order valence-corrected chi connectivity index (χ3v) is 4.96. The number of nitrogens with zero attached hydrogens (tertiary/aromatic N) is 6. The van der Waals surface area contributed by atoms with Crippen LogP contribution in [0.15, 0.2) is 21.3 Å². The second kappa shape index (κ2) is 6.33. The molecule has 0 aliphatic rings. The summed E-state index contributed by atoms with van der Waals surface area (Å²) in [5, 5.41) is 3.11. The first-order valence-electron chi connectivity index (χ1n) is 7.59. The minimum Gasteiger partial charge on any atom is -0.323 e. The van der Waals surface area contributed by atoms with E-state index >= 15 is 0 Å². The molecule has 0 N–H and O–H groups in total. The molecule has 3 heterocycles. The van der Waals surface area contributed by atoms with Gasteiger partial charge in [0.15, 0.2) is 11.2 Å². The van der Waals surface area contributed by atoms with Crippen LogP contribution in [0.5, 0.6) is 0 Å². The fraction of sp³-hybridized carbons (Fsp3) is 0.467. The molecule has 0 radical (unpaired) electrons. The lowest BCUT2D eigenvalue weighted by Gasteiger charge is -2.15. The molecule has 0 spiro atoms. The smallest absolute Gasteiger partial charge is 0.323 e. The number of aromatic nitrogens is 5. The van der Waals surface area contributed by atoms with Crippen molar-refractivity contribution < 1.29 is 0 Å². The summed E-state index contributed by atoms with van der Waals surface area (Å²) in [7, 11) is 5.13. The van der Waals surface area contributed by atoms with Crippen molar-refractivity contribution in [1.29, 1.82) is 0 Å². The zero-order valence-electron chi connectivity index (χ0n) is 14.2. The molecule has 0 atom stereocenters. The van der Waals surface area contributed by atoms with E-state index < -0.39 is 0 Å². The number of aryl methyl sites for hydroxylation is 2. The van der Waals surface area contributed by atoms with Crippen molar-refractivity contribution >= 4 is 22.5 Å². The first-order chi connectivity index (χ1) is 11.4. The van der Waals surface area contributed by atoms with E-state index in [1.54, 1.807) is 29.3 Å². The standard InChI is InChI=1S/C15H20N6O2S/c1-10-8-24-11(17-10)7-18(2)5-6-21-9-16-13-12(21)14(22)20(4)15(23)19(13)3/h8-9H,5-7H2,1-4H3. The van der Waals surface area contributed by atoms with Crippen LogP contribution in [-0.4, -0.2) is 42.2 Å². The molecule has 3 aromatic heterocycles. The van der Waals surface area contributed by atoms with E-state index in [2.05, 4.69) is 14.9 Å². The molecule has 8 nitrogen and oxygen atoms in total. The number of fused-ring (bicyclic) bond motifs is 1. The van der Waals surface area contributed by atoms with Crippen LogP contribution in [0.1, 0.15) is 10.7 Å². The molecule has 9 heteroatoms. The number of thiazole rings is 1. The summed E-state index contributed by atoms with van der Waals surface area (Å²) < 4.78 is 4.32. The van der Waals surface area contributed by atoms with E-state index in [0.29, 0.717) is 17.7 Å². The monoisotopic (exact) mass is 348 g/mol. The van der Waals surface area contributed by atoms with Gasteiger partial charge in [-0.25, -0.2) is 14.8 Å². The molecule has 0 unspecified atom stereocenters. The third kappa shape index (κ3) is 2.92. The van der Waals surface area contributed by atoms with E-state index in [9.17, 15) is 9.59 Å². The molecular weight excluding hydrogens is 328 g/mol. The van der Waals surface area contributed by atoms with Crippen LogP contribution in [0.4, 0.5) is 0 Å². The Kier molecular flexibility index (Phi) is 4.37. The van der Waals surface area contributed by atoms with Gasteiger partial charge >= 0.3 is 5.69 Å². The van der Waals surface area contributed by atoms with Crippen LogP contribution in [0.25, 0.3) is 11.2 Å². The predicted octanol–water partition coefficient (Wildman–Crippen LogP) is 0.331. The van der Waals surface area contributed by atoms with Crippen molar-refractivity contribution in [2.75, 3.05) is 13.6 Å². The van der Waals surface area contributed by atoms with E-state index in [1.807, 2.05) is 19.4 Å². The fourth-order valence-corrected chi connectivity index (χ4v) is 3.48. The van der Waals surface area contributed by atoms with Gasteiger partial charge in [0.1, 0.15) is 5.01 Å². The second-order valence-electron chi connectivity index (χ2n) is 5.94. The molecule has 128 valence electrons. The van der Waals surface area contributed by atoms with Gasteiger partial charge in [-0.15, -0.1) is 11.3 Å². The molecule has 0 aliphatic heterocycles. The number of hydrogen-bond acceptors (Lipinski definition) is 6. The summed E-state index contributed by atoms with van der Waals surface area (Å²) in [6, 6.07) is 0. The zero-order chi connectivity index (χ0) is 17.4. The van der Waals surface area contributed by atoms with Gasteiger partial charge in [0.25, 0.3) is 5.56 Å². The minimum absolute atomic E-state index is 0.316. The number of rotatable bonds is 5. The maximum atomic E-state index is 12.4. The van der Waals surface area contributed by atoms with E-state index in [-0.39, 0.29) is 11.2 Å². The number of likely N-dealkylation sites (N-methyl/N-ethyl adjacent to an activating group) is 1. The van der Waals surface area contributed by atoms with Crippen LogP contribution in [-0.2, 0) is 27.2 Å². The van der Waals surface area contributed by atoms with Crippen LogP contribution in [0.3, 0.4) is 0 Å². The van der Waals surface area contributed by atoms with Gasteiger partial charge in [-0.3, -0.25) is 18.8 Å². The third-order valence-electron chi connectivity index (χ3n) is 4.01. The quantitative estimate of drug-likeness (QED) is 0.664. The average Bonchev–Trinajstić information content (AvgIpc) is 3.15. The van der Waals surface area contributed by atoms with Crippen molar-refractivity contribution in [2.45, 2.75) is 20.0 Å². The van der Waals surface area contributed by atoms with Gasteiger partial charge in [-0.2, -0.15) is 0 Å². The number of hydrogen-bond donors (Lipinski definition) is 0. The van der Waals surface area contributed by atoms with Crippen molar-refractivity contribution in [1.82, 2.24) is 28.6 Å². The Morgan fingerprint density at radius 2 is 2.00 bits per heavy atom. The molecule has 0 aliphatic carbocycles. The first-order valence-corrected chi connectivity index (χ1v) is 8.47. The van der Waals surface area contributed by atoms with Crippen molar-refractivity contribution in [3.63, 3.8) is 0 Å². The molecule has 0 bridgehead atoms. The minimum atomic E-state index is -0.367. The van der Waals surface area contributed by atoms with Crippen LogP contribution < -0.4 is 11.2 Å².